The Hall–Kier alpha value is -2.77. The molecule has 0 aliphatic carbocycles. The van der Waals surface area contributed by atoms with Gasteiger partial charge in [-0.15, -0.1) is 11.3 Å². The zero-order valence-electron chi connectivity index (χ0n) is 14.6. The van der Waals surface area contributed by atoms with E-state index < -0.39 is 9.84 Å². The van der Waals surface area contributed by atoms with Gasteiger partial charge in [-0.3, -0.25) is 4.98 Å². The lowest BCUT2D eigenvalue weighted by Gasteiger charge is -2.10. The number of rotatable bonds is 5. The Kier molecular flexibility index (Phi) is 4.63. The minimum atomic E-state index is -3.53. The van der Waals surface area contributed by atoms with Crippen LogP contribution in [-0.4, -0.2) is 23.2 Å². The lowest BCUT2D eigenvalue weighted by Crippen LogP contribution is -2.11. The fourth-order valence-corrected chi connectivity index (χ4v) is 4.84. The summed E-state index contributed by atoms with van der Waals surface area (Å²) in [6.45, 7) is 1.99. The molecule has 1 aromatic carbocycles. The lowest BCUT2D eigenvalue weighted by atomic mass is 10.2. The zero-order chi connectivity index (χ0) is 18.9. The molecule has 0 saturated carbocycles. The minimum absolute atomic E-state index is 0.147. The smallest absolute Gasteiger partial charge is 0.185 e. The molecule has 0 aliphatic rings. The van der Waals surface area contributed by atoms with Gasteiger partial charge in [0.1, 0.15) is 5.69 Å². The highest BCUT2D eigenvalue weighted by atomic mass is 32.2. The monoisotopic (exact) mass is 395 g/mol. The molecule has 3 aromatic heterocycles. The summed E-state index contributed by atoms with van der Waals surface area (Å²) in [5.41, 5.74) is 3.29. The van der Waals surface area contributed by atoms with E-state index in [-0.39, 0.29) is 10.6 Å². The molecule has 0 fully saturated rings. The molecule has 0 unspecified atom stereocenters. The second kappa shape index (κ2) is 7.09. The summed E-state index contributed by atoms with van der Waals surface area (Å²) in [5.74, 6) is -0.147. The van der Waals surface area contributed by atoms with Gasteiger partial charge in [-0.1, -0.05) is 24.3 Å². The predicted octanol–water partition coefficient (Wildman–Crippen LogP) is 4.28. The van der Waals surface area contributed by atoms with E-state index in [1.807, 2.05) is 54.8 Å². The van der Waals surface area contributed by atoms with Crippen LogP contribution in [0.4, 0.5) is 0 Å². The van der Waals surface area contributed by atoms with E-state index in [9.17, 15) is 8.42 Å². The maximum absolute atomic E-state index is 12.9. The first-order chi connectivity index (χ1) is 13.0. The zero-order valence-corrected chi connectivity index (χ0v) is 16.2. The number of sulfone groups is 1. The first-order valence-corrected chi connectivity index (χ1v) is 10.9. The van der Waals surface area contributed by atoms with Gasteiger partial charge in [-0.05, 0) is 48.2 Å². The molecule has 4 rings (SSSR count). The fraction of sp³-hybridized carbons (Fsp3) is 0.100. The summed E-state index contributed by atoms with van der Waals surface area (Å²) in [6, 6.07) is 16.8. The highest BCUT2D eigenvalue weighted by Gasteiger charge is 2.21. The third kappa shape index (κ3) is 3.56. The molecule has 0 bridgehead atoms. The van der Waals surface area contributed by atoms with E-state index >= 15 is 0 Å². The van der Waals surface area contributed by atoms with Gasteiger partial charge in [0.25, 0.3) is 0 Å². The number of para-hydroxylation sites is 1. The Morgan fingerprint density at radius 2 is 1.93 bits per heavy atom. The van der Waals surface area contributed by atoms with Crippen molar-refractivity contribution in [3.63, 3.8) is 0 Å². The van der Waals surface area contributed by atoms with Crippen LogP contribution >= 0.6 is 11.3 Å². The standard InChI is InChI=1S/C20H17N3O2S2/c1-15-6-2-3-8-19(15)23-16(12-18(22-23)20-9-5-11-26-20)14-27(24,25)17-7-4-10-21-13-17/h2-13H,14H2,1H3. The second-order valence-electron chi connectivity index (χ2n) is 6.14. The Morgan fingerprint density at radius 1 is 1.07 bits per heavy atom. The molecule has 5 nitrogen and oxygen atoms in total. The summed E-state index contributed by atoms with van der Waals surface area (Å²) < 4.78 is 27.5. The maximum Gasteiger partial charge on any atom is 0.185 e. The Morgan fingerprint density at radius 3 is 2.63 bits per heavy atom. The van der Waals surface area contributed by atoms with Crippen molar-refractivity contribution in [1.82, 2.24) is 14.8 Å². The Bertz CT molecular complexity index is 1170. The van der Waals surface area contributed by atoms with E-state index in [0.717, 1.165) is 21.8 Å². The Balaban J connectivity index is 1.83. The van der Waals surface area contributed by atoms with E-state index in [1.54, 1.807) is 34.3 Å². The Labute approximate surface area is 161 Å². The van der Waals surface area contributed by atoms with Gasteiger partial charge in [0, 0.05) is 12.4 Å². The molecule has 136 valence electrons. The number of hydrogen-bond donors (Lipinski definition) is 0. The van der Waals surface area contributed by atoms with Gasteiger partial charge in [0.2, 0.25) is 0 Å². The summed E-state index contributed by atoms with van der Waals surface area (Å²) >= 11 is 1.58. The first-order valence-electron chi connectivity index (χ1n) is 8.36. The fourth-order valence-electron chi connectivity index (χ4n) is 2.89. The van der Waals surface area contributed by atoms with Gasteiger partial charge in [0.05, 0.1) is 26.9 Å². The number of benzene rings is 1. The van der Waals surface area contributed by atoms with Crippen molar-refractivity contribution in [2.24, 2.45) is 0 Å². The molecule has 4 aromatic rings. The SMILES string of the molecule is Cc1ccccc1-n1nc(-c2cccs2)cc1CS(=O)(=O)c1cccnc1. The number of nitrogens with zero attached hydrogens (tertiary/aromatic N) is 3. The average molecular weight is 396 g/mol. The molecule has 7 heteroatoms. The van der Waals surface area contributed by atoms with Crippen molar-refractivity contribution >= 4 is 21.2 Å². The number of aryl methyl sites for hydroxylation is 1. The molecule has 0 N–H and O–H groups in total. The minimum Gasteiger partial charge on any atom is -0.263 e. The van der Waals surface area contributed by atoms with Crippen LogP contribution in [0.2, 0.25) is 0 Å². The van der Waals surface area contributed by atoms with Gasteiger partial charge >= 0.3 is 0 Å². The van der Waals surface area contributed by atoms with Crippen molar-refractivity contribution in [2.75, 3.05) is 0 Å². The van der Waals surface area contributed by atoms with E-state index in [1.165, 1.54) is 6.20 Å². The van der Waals surface area contributed by atoms with Crippen LogP contribution in [0, 0.1) is 6.92 Å². The summed E-state index contributed by atoms with van der Waals surface area (Å²) in [7, 11) is -3.53. The van der Waals surface area contributed by atoms with Crippen molar-refractivity contribution in [1.29, 1.82) is 0 Å². The maximum atomic E-state index is 12.9. The van der Waals surface area contributed by atoms with Gasteiger partial charge < -0.3 is 0 Å². The molecule has 0 radical (unpaired) electrons. The predicted molar refractivity (Wildman–Crippen MR) is 107 cm³/mol. The summed E-state index contributed by atoms with van der Waals surface area (Å²) in [4.78, 5) is 5.14. The lowest BCUT2D eigenvalue weighted by molar-refractivity contribution is 0.593. The van der Waals surface area contributed by atoms with Gasteiger partial charge in [-0.25, -0.2) is 13.1 Å². The highest BCUT2D eigenvalue weighted by molar-refractivity contribution is 7.90. The van der Waals surface area contributed by atoms with E-state index in [0.29, 0.717) is 5.69 Å². The molecule has 0 aliphatic heterocycles. The molecule has 0 amide bonds. The van der Waals surface area contributed by atoms with Crippen LogP contribution in [0.1, 0.15) is 11.3 Å². The summed E-state index contributed by atoms with van der Waals surface area (Å²) in [6.07, 6.45) is 2.94. The third-order valence-electron chi connectivity index (χ3n) is 4.23. The van der Waals surface area contributed by atoms with Crippen LogP contribution in [-0.2, 0) is 15.6 Å². The molecule has 3 heterocycles. The molecule has 27 heavy (non-hydrogen) atoms. The van der Waals surface area contributed by atoms with Crippen molar-refractivity contribution in [2.45, 2.75) is 17.6 Å². The van der Waals surface area contributed by atoms with Crippen LogP contribution in [0.15, 0.2) is 77.3 Å². The number of pyridine rings is 1. The molecular weight excluding hydrogens is 378 g/mol. The van der Waals surface area contributed by atoms with Crippen molar-refractivity contribution in [3.05, 3.63) is 83.6 Å². The number of thiophene rings is 1. The van der Waals surface area contributed by atoms with Crippen LogP contribution in [0.25, 0.3) is 16.3 Å². The van der Waals surface area contributed by atoms with Crippen LogP contribution < -0.4 is 0 Å². The van der Waals surface area contributed by atoms with Gasteiger partial charge in [-0.2, -0.15) is 5.10 Å². The third-order valence-corrected chi connectivity index (χ3v) is 6.76. The average Bonchev–Trinajstić information content (AvgIpc) is 3.33. The summed E-state index contributed by atoms with van der Waals surface area (Å²) in [5, 5.41) is 6.69. The van der Waals surface area contributed by atoms with Gasteiger partial charge in [0.15, 0.2) is 9.84 Å². The molecule has 0 spiro atoms. The molecule has 0 saturated heterocycles. The molecule has 0 atom stereocenters. The largest absolute Gasteiger partial charge is 0.263 e. The topological polar surface area (TPSA) is 64.8 Å². The number of aromatic nitrogens is 3. The van der Waals surface area contributed by atoms with E-state index in [2.05, 4.69) is 4.98 Å². The highest BCUT2D eigenvalue weighted by Crippen LogP contribution is 2.28. The van der Waals surface area contributed by atoms with E-state index in [4.69, 9.17) is 5.10 Å². The van der Waals surface area contributed by atoms with Crippen LogP contribution in [0.3, 0.4) is 0 Å². The van der Waals surface area contributed by atoms with Crippen LogP contribution in [0.5, 0.6) is 0 Å². The van der Waals surface area contributed by atoms with Crippen molar-refractivity contribution in [3.8, 4) is 16.3 Å². The quantitative estimate of drug-likeness (QED) is 0.506. The number of hydrogen-bond acceptors (Lipinski definition) is 5. The molecular formula is C20H17N3O2S2. The first kappa shape index (κ1) is 17.6. The normalized spacial score (nSPS) is 11.6. The van der Waals surface area contributed by atoms with Crippen molar-refractivity contribution < 1.29 is 8.42 Å². The second-order valence-corrected chi connectivity index (χ2v) is 9.08.